The molecule has 5 nitrogen and oxygen atoms in total. The highest BCUT2D eigenvalue weighted by molar-refractivity contribution is 6.34. The van der Waals surface area contributed by atoms with E-state index in [-0.39, 0.29) is 25.0 Å². The standard InChI is InChI=1S/C14H15Cl2NO4/c1-8-5-17(6-10(8)14(19)20)13(18)7-21-12-4-9(15)2-3-11(12)16/h2-4,8,10H,5-7H2,1H3,(H,19,20)/t8-,10-/m1/s1. The highest BCUT2D eigenvalue weighted by atomic mass is 35.5. The van der Waals surface area contributed by atoms with Gasteiger partial charge in [0.2, 0.25) is 0 Å². The van der Waals surface area contributed by atoms with Gasteiger partial charge in [0, 0.05) is 24.2 Å². The van der Waals surface area contributed by atoms with Crippen LogP contribution in [0.5, 0.6) is 5.75 Å². The summed E-state index contributed by atoms with van der Waals surface area (Å²) < 4.78 is 5.37. The molecule has 1 fully saturated rings. The molecule has 1 amide bonds. The summed E-state index contributed by atoms with van der Waals surface area (Å²) in [6.45, 7) is 2.25. The van der Waals surface area contributed by atoms with E-state index in [1.807, 2.05) is 6.92 Å². The number of nitrogens with zero attached hydrogens (tertiary/aromatic N) is 1. The number of rotatable bonds is 4. The third kappa shape index (κ3) is 3.80. The fourth-order valence-corrected chi connectivity index (χ4v) is 2.64. The molecule has 1 aromatic rings. The van der Waals surface area contributed by atoms with Crippen LogP contribution in [0.3, 0.4) is 0 Å². The fraction of sp³-hybridized carbons (Fsp3) is 0.429. The lowest BCUT2D eigenvalue weighted by Gasteiger charge is -2.16. The van der Waals surface area contributed by atoms with Gasteiger partial charge < -0.3 is 14.7 Å². The van der Waals surface area contributed by atoms with Crippen LogP contribution in [0.4, 0.5) is 0 Å². The van der Waals surface area contributed by atoms with Crippen molar-refractivity contribution in [3.8, 4) is 5.75 Å². The number of hydrogen-bond donors (Lipinski definition) is 1. The summed E-state index contributed by atoms with van der Waals surface area (Å²) in [5.41, 5.74) is 0. The van der Waals surface area contributed by atoms with Crippen LogP contribution in [0.15, 0.2) is 18.2 Å². The summed E-state index contributed by atoms with van der Waals surface area (Å²) in [4.78, 5) is 24.6. The largest absolute Gasteiger partial charge is 0.482 e. The predicted molar refractivity (Wildman–Crippen MR) is 78.8 cm³/mol. The average molecular weight is 332 g/mol. The Balaban J connectivity index is 1.94. The number of carbonyl (C=O) groups is 2. The predicted octanol–water partition coefficient (Wildman–Crippen LogP) is 2.55. The van der Waals surface area contributed by atoms with Crippen molar-refractivity contribution in [1.82, 2.24) is 4.90 Å². The molecule has 0 radical (unpaired) electrons. The molecule has 1 saturated heterocycles. The zero-order valence-electron chi connectivity index (χ0n) is 11.4. The number of amides is 1. The van der Waals surface area contributed by atoms with E-state index in [0.717, 1.165) is 0 Å². The zero-order valence-corrected chi connectivity index (χ0v) is 12.9. The van der Waals surface area contributed by atoms with Gasteiger partial charge in [0.05, 0.1) is 10.9 Å². The quantitative estimate of drug-likeness (QED) is 0.920. The summed E-state index contributed by atoms with van der Waals surface area (Å²) in [6, 6.07) is 4.74. The Morgan fingerprint density at radius 3 is 2.71 bits per heavy atom. The summed E-state index contributed by atoms with van der Waals surface area (Å²) in [7, 11) is 0. The maximum Gasteiger partial charge on any atom is 0.308 e. The van der Waals surface area contributed by atoms with Gasteiger partial charge in [-0.3, -0.25) is 9.59 Å². The van der Waals surface area contributed by atoms with Crippen molar-refractivity contribution in [2.24, 2.45) is 11.8 Å². The van der Waals surface area contributed by atoms with Crippen molar-refractivity contribution >= 4 is 35.1 Å². The lowest BCUT2D eigenvalue weighted by atomic mass is 9.99. The van der Waals surface area contributed by atoms with E-state index in [4.69, 9.17) is 33.0 Å². The van der Waals surface area contributed by atoms with Gasteiger partial charge in [-0.2, -0.15) is 0 Å². The van der Waals surface area contributed by atoms with Crippen molar-refractivity contribution in [1.29, 1.82) is 0 Å². The summed E-state index contributed by atoms with van der Waals surface area (Å²) in [5, 5.41) is 9.88. The van der Waals surface area contributed by atoms with E-state index in [2.05, 4.69) is 0 Å². The minimum atomic E-state index is -0.878. The maximum absolute atomic E-state index is 12.1. The number of aliphatic carboxylic acids is 1. The molecule has 0 bridgehead atoms. The summed E-state index contributed by atoms with van der Waals surface area (Å²) >= 11 is 11.8. The molecular formula is C14H15Cl2NO4. The molecule has 1 aromatic carbocycles. The number of benzene rings is 1. The van der Waals surface area contributed by atoms with Crippen LogP contribution in [-0.2, 0) is 9.59 Å². The summed E-state index contributed by atoms with van der Waals surface area (Å²) in [5.74, 6) is -1.40. The normalized spacial score (nSPS) is 21.4. The van der Waals surface area contributed by atoms with E-state index in [9.17, 15) is 9.59 Å². The van der Waals surface area contributed by atoms with Crippen LogP contribution in [0.25, 0.3) is 0 Å². The molecule has 1 heterocycles. The first-order valence-corrected chi connectivity index (χ1v) is 7.22. The Labute approximate surface area is 132 Å². The molecule has 2 atom stereocenters. The Morgan fingerprint density at radius 1 is 1.38 bits per heavy atom. The lowest BCUT2D eigenvalue weighted by Crippen LogP contribution is -2.33. The van der Waals surface area contributed by atoms with Crippen molar-refractivity contribution in [3.63, 3.8) is 0 Å². The minimum absolute atomic E-state index is 0.0683. The molecule has 0 unspecified atom stereocenters. The molecule has 21 heavy (non-hydrogen) atoms. The van der Waals surface area contributed by atoms with Gasteiger partial charge in [0.25, 0.3) is 5.91 Å². The molecular weight excluding hydrogens is 317 g/mol. The third-order valence-corrected chi connectivity index (χ3v) is 4.07. The molecule has 1 aliphatic heterocycles. The van der Waals surface area contributed by atoms with Crippen molar-refractivity contribution < 1.29 is 19.4 Å². The number of likely N-dealkylation sites (tertiary alicyclic amines) is 1. The Bertz CT molecular complexity index is 564. The first kappa shape index (κ1) is 15.9. The van der Waals surface area contributed by atoms with Gasteiger partial charge in [0.15, 0.2) is 6.61 Å². The molecule has 1 aliphatic rings. The van der Waals surface area contributed by atoms with Gasteiger partial charge >= 0.3 is 5.97 Å². The smallest absolute Gasteiger partial charge is 0.308 e. The second-order valence-corrected chi connectivity index (χ2v) is 5.93. The van der Waals surface area contributed by atoms with Gasteiger partial charge in [0.1, 0.15) is 5.75 Å². The summed E-state index contributed by atoms with van der Waals surface area (Å²) in [6.07, 6.45) is 0. The first-order valence-electron chi connectivity index (χ1n) is 6.47. The molecule has 0 saturated carbocycles. The molecule has 7 heteroatoms. The highest BCUT2D eigenvalue weighted by Gasteiger charge is 2.36. The number of carbonyl (C=O) groups excluding carboxylic acids is 1. The number of hydrogen-bond acceptors (Lipinski definition) is 3. The van der Waals surface area contributed by atoms with Gasteiger partial charge in [-0.1, -0.05) is 30.1 Å². The van der Waals surface area contributed by atoms with Crippen LogP contribution in [0.2, 0.25) is 10.0 Å². The molecule has 0 aromatic heterocycles. The Hall–Kier alpha value is -1.46. The molecule has 114 valence electrons. The molecule has 0 spiro atoms. The van der Waals surface area contributed by atoms with Gasteiger partial charge in [-0.25, -0.2) is 0 Å². The number of halogens is 2. The minimum Gasteiger partial charge on any atom is -0.482 e. The Kier molecular flexibility index (Phi) is 4.96. The highest BCUT2D eigenvalue weighted by Crippen LogP contribution is 2.28. The van der Waals surface area contributed by atoms with E-state index in [1.165, 1.54) is 11.0 Å². The van der Waals surface area contributed by atoms with Gasteiger partial charge in [-0.05, 0) is 18.1 Å². The Morgan fingerprint density at radius 2 is 2.10 bits per heavy atom. The zero-order chi connectivity index (χ0) is 15.6. The third-order valence-electron chi connectivity index (χ3n) is 3.53. The maximum atomic E-state index is 12.1. The average Bonchev–Trinajstić information content (AvgIpc) is 2.82. The van der Waals surface area contributed by atoms with Crippen LogP contribution in [-0.4, -0.2) is 41.6 Å². The topological polar surface area (TPSA) is 66.8 Å². The number of carboxylic acid groups (broad SMARTS) is 1. The first-order chi connectivity index (χ1) is 9.88. The van der Waals surface area contributed by atoms with Crippen LogP contribution < -0.4 is 4.74 Å². The second-order valence-electron chi connectivity index (χ2n) is 5.08. The number of carboxylic acids is 1. The second kappa shape index (κ2) is 6.54. The monoisotopic (exact) mass is 331 g/mol. The van der Waals surface area contributed by atoms with Crippen molar-refractivity contribution in [2.75, 3.05) is 19.7 Å². The molecule has 0 aliphatic carbocycles. The molecule has 2 rings (SSSR count). The van der Waals surface area contributed by atoms with Crippen molar-refractivity contribution in [3.05, 3.63) is 28.2 Å². The van der Waals surface area contributed by atoms with Crippen LogP contribution >= 0.6 is 23.2 Å². The van der Waals surface area contributed by atoms with Crippen molar-refractivity contribution in [2.45, 2.75) is 6.92 Å². The van der Waals surface area contributed by atoms with E-state index in [1.54, 1.807) is 12.1 Å². The SMILES string of the molecule is C[C@@H]1CN(C(=O)COc2cc(Cl)ccc2Cl)C[C@H]1C(=O)O. The van der Waals surface area contributed by atoms with Crippen LogP contribution in [0, 0.1) is 11.8 Å². The van der Waals surface area contributed by atoms with E-state index in [0.29, 0.717) is 22.3 Å². The fourth-order valence-electron chi connectivity index (χ4n) is 2.31. The molecule has 1 N–H and O–H groups in total. The van der Waals surface area contributed by atoms with Crippen LogP contribution in [0.1, 0.15) is 6.92 Å². The lowest BCUT2D eigenvalue weighted by molar-refractivity contribution is -0.142. The van der Waals surface area contributed by atoms with Gasteiger partial charge in [-0.15, -0.1) is 0 Å². The number of ether oxygens (including phenoxy) is 1. The van der Waals surface area contributed by atoms with E-state index < -0.39 is 11.9 Å². The van der Waals surface area contributed by atoms with E-state index >= 15 is 0 Å².